The summed E-state index contributed by atoms with van der Waals surface area (Å²) in [7, 11) is 0. The standard InChI is InChI=1S/C18H30N2/c1-3-19-18-14-10-5-7-11-16(18)15-20(4-2)17-12-8-6-9-13-17/h6,8-9,12-13,16,18-19H,3-5,7,10-11,14-15H2,1-2H3. The normalized spacial score (nSPS) is 23.3. The van der Waals surface area contributed by atoms with E-state index in [1.165, 1.54) is 44.3 Å². The van der Waals surface area contributed by atoms with Gasteiger partial charge in [-0.15, -0.1) is 0 Å². The van der Waals surface area contributed by atoms with E-state index < -0.39 is 0 Å². The highest BCUT2D eigenvalue weighted by atomic mass is 15.1. The van der Waals surface area contributed by atoms with Gasteiger partial charge in [0.2, 0.25) is 0 Å². The molecule has 0 aromatic heterocycles. The molecule has 0 aliphatic heterocycles. The molecule has 2 heteroatoms. The van der Waals surface area contributed by atoms with E-state index >= 15 is 0 Å². The zero-order valence-corrected chi connectivity index (χ0v) is 13.1. The summed E-state index contributed by atoms with van der Waals surface area (Å²) in [4.78, 5) is 2.54. The minimum absolute atomic E-state index is 0.709. The Bertz CT molecular complexity index is 363. The lowest BCUT2D eigenvalue weighted by atomic mass is 9.93. The van der Waals surface area contributed by atoms with Crippen LogP contribution in [0, 0.1) is 5.92 Å². The van der Waals surface area contributed by atoms with Crippen LogP contribution in [0.5, 0.6) is 0 Å². The van der Waals surface area contributed by atoms with Crippen molar-refractivity contribution >= 4 is 5.69 Å². The second kappa shape index (κ2) is 8.31. The Morgan fingerprint density at radius 3 is 2.50 bits per heavy atom. The highest BCUT2D eigenvalue weighted by Crippen LogP contribution is 2.26. The number of anilines is 1. The molecule has 1 aliphatic rings. The van der Waals surface area contributed by atoms with Gasteiger partial charge in [0.1, 0.15) is 0 Å². The van der Waals surface area contributed by atoms with Crippen LogP contribution in [0.4, 0.5) is 5.69 Å². The molecule has 1 aliphatic carbocycles. The number of para-hydroxylation sites is 1. The van der Waals surface area contributed by atoms with Crippen molar-refractivity contribution in [3.8, 4) is 0 Å². The average molecular weight is 274 g/mol. The summed E-state index contributed by atoms with van der Waals surface area (Å²) in [6.45, 7) is 7.89. The Labute approximate surface area is 124 Å². The number of nitrogens with one attached hydrogen (secondary N) is 1. The van der Waals surface area contributed by atoms with Crippen molar-refractivity contribution in [3.63, 3.8) is 0 Å². The van der Waals surface area contributed by atoms with Crippen molar-refractivity contribution < 1.29 is 0 Å². The quantitative estimate of drug-likeness (QED) is 0.787. The van der Waals surface area contributed by atoms with Crippen LogP contribution in [0.1, 0.15) is 46.0 Å². The Kier molecular flexibility index (Phi) is 6.38. The van der Waals surface area contributed by atoms with Gasteiger partial charge in [-0.05, 0) is 44.4 Å². The SMILES string of the molecule is CCNC1CCCCCC1CN(CC)c1ccccc1. The van der Waals surface area contributed by atoms with Crippen molar-refractivity contribution in [2.45, 2.75) is 52.0 Å². The fourth-order valence-electron chi connectivity index (χ4n) is 3.47. The molecule has 1 aromatic rings. The van der Waals surface area contributed by atoms with Crippen LogP contribution in [0.2, 0.25) is 0 Å². The summed E-state index contributed by atoms with van der Waals surface area (Å²) < 4.78 is 0. The summed E-state index contributed by atoms with van der Waals surface area (Å²) in [5.74, 6) is 0.789. The fraction of sp³-hybridized carbons (Fsp3) is 0.667. The molecule has 20 heavy (non-hydrogen) atoms. The van der Waals surface area contributed by atoms with Crippen LogP contribution < -0.4 is 10.2 Å². The average Bonchev–Trinajstić information content (AvgIpc) is 2.71. The number of hydrogen-bond acceptors (Lipinski definition) is 2. The lowest BCUT2D eigenvalue weighted by Crippen LogP contribution is -2.42. The van der Waals surface area contributed by atoms with Crippen molar-refractivity contribution in [1.29, 1.82) is 0 Å². The number of benzene rings is 1. The van der Waals surface area contributed by atoms with Gasteiger partial charge in [-0.25, -0.2) is 0 Å². The second-order valence-corrected chi connectivity index (χ2v) is 5.94. The van der Waals surface area contributed by atoms with E-state index in [4.69, 9.17) is 0 Å². The fourth-order valence-corrected chi connectivity index (χ4v) is 3.47. The van der Waals surface area contributed by atoms with E-state index in [2.05, 4.69) is 54.4 Å². The molecule has 2 nitrogen and oxygen atoms in total. The van der Waals surface area contributed by atoms with Crippen LogP contribution >= 0.6 is 0 Å². The molecule has 0 bridgehead atoms. The summed E-state index contributed by atoms with van der Waals surface area (Å²) >= 11 is 0. The highest BCUT2D eigenvalue weighted by Gasteiger charge is 2.24. The smallest absolute Gasteiger partial charge is 0.0366 e. The number of nitrogens with zero attached hydrogens (tertiary/aromatic N) is 1. The molecule has 112 valence electrons. The van der Waals surface area contributed by atoms with Crippen molar-refractivity contribution in [2.75, 3.05) is 24.5 Å². The monoisotopic (exact) mass is 274 g/mol. The van der Waals surface area contributed by atoms with Gasteiger partial charge >= 0.3 is 0 Å². The zero-order valence-electron chi connectivity index (χ0n) is 13.1. The summed E-state index contributed by atoms with van der Waals surface area (Å²) in [5, 5.41) is 3.73. The van der Waals surface area contributed by atoms with Gasteiger partial charge in [0.25, 0.3) is 0 Å². The van der Waals surface area contributed by atoms with Gasteiger partial charge in [0.05, 0.1) is 0 Å². The Balaban J connectivity index is 2.03. The molecule has 2 atom stereocenters. The maximum atomic E-state index is 3.73. The molecule has 1 aromatic carbocycles. The van der Waals surface area contributed by atoms with Crippen LogP contribution in [0.15, 0.2) is 30.3 Å². The first-order valence-corrected chi connectivity index (χ1v) is 8.38. The van der Waals surface area contributed by atoms with Crippen LogP contribution in [0.25, 0.3) is 0 Å². The van der Waals surface area contributed by atoms with E-state index in [0.29, 0.717) is 6.04 Å². The van der Waals surface area contributed by atoms with Crippen molar-refractivity contribution in [1.82, 2.24) is 5.32 Å². The second-order valence-electron chi connectivity index (χ2n) is 5.94. The third-order valence-electron chi connectivity index (χ3n) is 4.58. The molecular weight excluding hydrogens is 244 g/mol. The molecule has 1 saturated carbocycles. The first kappa shape index (κ1) is 15.4. The summed E-state index contributed by atoms with van der Waals surface area (Å²) in [6.07, 6.45) is 6.94. The molecule has 0 saturated heterocycles. The first-order chi connectivity index (χ1) is 9.85. The molecule has 0 radical (unpaired) electrons. The van der Waals surface area contributed by atoms with Crippen molar-refractivity contribution in [2.24, 2.45) is 5.92 Å². The molecule has 0 spiro atoms. The largest absolute Gasteiger partial charge is 0.371 e. The van der Waals surface area contributed by atoms with Crippen molar-refractivity contribution in [3.05, 3.63) is 30.3 Å². The number of hydrogen-bond donors (Lipinski definition) is 1. The lowest BCUT2D eigenvalue weighted by Gasteiger charge is -2.32. The van der Waals surface area contributed by atoms with E-state index in [0.717, 1.165) is 19.0 Å². The Morgan fingerprint density at radius 2 is 1.80 bits per heavy atom. The summed E-state index contributed by atoms with van der Waals surface area (Å²) in [6, 6.07) is 11.6. The topological polar surface area (TPSA) is 15.3 Å². The molecule has 0 amide bonds. The van der Waals surface area contributed by atoms with Crippen LogP contribution in [-0.2, 0) is 0 Å². The van der Waals surface area contributed by atoms with E-state index in [1.807, 2.05) is 0 Å². The van der Waals surface area contributed by atoms with E-state index in [-0.39, 0.29) is 0 Å². The zero-order chi connectivity index (χ0) is 14.2. The predicted molar refractivity (Wildman–Crippen MR) is 88.4 cm³/mol. The van der Waals surface area contributed by atoms with Gasteiger partial charge in [-0.3, -0.25) is 0 Å². The maximum absolute atomic E-state index is 3.73. The third-order valence-corrected chi connectivity index (χ3v) is 4.58. The predicted octanol–water partition coefficient (Wildman–Crippen LogP) is 4.07. The van der Waals surface area contributed by atoms with Gasteiger partial charge in [-0.2, -0.15) is 0 Å². The minimum Gasteiger partial charge on any atom is -0.371 e. The van der Waals surface area contributed by atoms with Gasteiger partial charge in [-0.1, -0.05) is 44.4 Å². The number of rotatable bonds is 6. The van der Waals surface area contributed by atoms with Gasteiger partial charge in [0.15, 0.2) is 0 Å². The lowest BCUT2D eigenvalue weighted by molar-refractivity contribution is 0.340. The Hall–Kier alpha value is -1.02. The third kappa shape index (κ3) is 4.24. The Morgan fingerprint density at radius 1 is 1.05 bits per heavy atom. The molecule has 0 heterocycles. The molecular formula is C18H30N2. The minimum atomic E-state index is 0.709. The highest BCUT2D eigenvalue weighted by molar-refractivity contribution is 5.45. The molecule has 2 rings (SSSR count). The molecule has 1 fully saturated rings. The van der Waals surface area contributed by atoms with Gasteiger partial charge in [0, 0.05) is 24.8 Å². The van der Waals surface area contributed by atoms with Crippen LogP contribution in [0.3, 0.4) is 0 Å². The van der Waals surface area contributed by atoms with Gasteiger partial charge < -0.3 is 10.2 Å². The van der Waals surface area contributed by atoms with E-state index in [1.54, 1.807) is 0 Å². The molecule has 2 unspecified atom stereocenters. The van der Waals surface area contributed by atoms with Crippen LogP contribution in [-0.4, -0.2) is 25.7 Å². The molecule has 1 N–H and O–H groups in total. The van der Waals surface area contributed by atoms with E-state index in [9.17, 15) is 0 Å². The summed E-state index contributed by atoms with van der Waals surface area (Å²) in [5.41, 5.74) is 1.37. The maximum Gasteiger partial charge on any atom is 0.0366 e. The first-order valence-electron chi connectivity index (χ1n) is 8.38.